The lowest BCUT2D eigenvalue weighted by molar-refractivity contribution is 0.463. The largest absolute Gasteiger partial charge is 0.456 e. The van der Waals surface area contributed by atoms with E-state index in [2.05, 4.69) is 159 Å². The molecule has 1 aliphatic rings. The molecule has 0 spiro atoms. The highest BCUT2D eigenvalue weighted by atomic mass is 31.1. The molecule has 0 N–H and O–H groups in total. The molecule has 204 valence electrons. The number of benzene rings is 6. The molecule has 0 amide bonds. The maximum atomic E-state index is 7.06. The van der Waals surface area contributed by atoms with Crippen molar-refractivity contribution in [2.75, 3.05) is 0 Å². The van der Waals surface area contributed by atoms with Gasteiger partial charge in [0.2, 0.25) is 0 Å². The molecule has 0 unspecified atom stereocenters. The molecule has 1 aliphatic heterocycles. The van der Waals surface area contributed by atoms with Crippen LogP contribution in [0.4, 0.5) is 0 Å². The normalized spacial score (nSPS) is 12.1. The number of rotatable bonds is 6. The third-order valence-corrected chi connectivity index (χ3v) is 13.5. The van der Waals surface area contributed by atoms with E-state index in [1.54, 1.807) is 0 Å². The summed E-state index contributed by atoms with van der Waals surface area (Å²) in [6.07, 6.45) is 0.882. The maximum Gasteiger partial charge on any atom is 0.140 e. The maximum absolute atomic E-state index is 7.06. The predicted octanol–water partition coefficient (Wildman–Crippen LogP) is 7.52. The number of fused-ring (bicyclic) bond motifs is 2. The first-order valence-electron chi connectivity index (χ1n) is 14.4. The van der Waals surface area contributed by atoms with E-state index < -0.39 is 15.8 Å². The van der Waals surface area contributed by atoms with Crippen LogP contribution in [0, 0.1) is 13.8 Å². The summed E-state index contributed by atoms with van der Waals surface area (Å²) >= 11 is 0. The van der Waals surface area contributed by atoms with Gasteiger partial charge in [0.1, 0.15) is 11.5 Å². The van der Waals surface area contributed by atoms with Crippen LogP contribution in [0.2, 0.25) is 0 Å². The smallest absolute Gasteiger partial charge is 0.140 e. The summed E-state index contributed by atoms with van der Waals surface area (Å²) in [7, 11) is -1.78. The quantitative estimate of drug-likeness (QED) is 0.186. The summed E-state index contributed by atoms with van der Waals surface area (Å²) in [5.41, 5.74) is 5.29. The minimum atomic E-state index is -0.921. The van der Waals surface area contributed by atoms with Crippen molar-refractivity contribution < 1.29 is 4.74 Å². The van der Waals surface area contributed by atoms with Crippen LogP contribution in [0.3, 0.4) is 0 Å². The first-order chi connectivity index (χ1) is 20.7. The molecule has 0 atom stereocenters. The lowest BCUT2D eigenvalue weighted by atomic mass is 9.94. The zero-order valence-electron chi connectivity index (χ0n) is 23.9. The number of para-hydroxylation sites is 1. The Labute approximate surface area is 251 Å². The molecule has 0 bridgehead atoms. The molecule has 0 saturated carbocycles. The number of hydrogen-bond donors (Lipinski definition) is 0. The molecule has 1 heterocycles. The van der Waals surface area contributed by atoms with Gasteiger partial charge >= 0.3 is 0 Å². The molecule has 42 heavy (non-hydrogen) atoms. The molecule has 6 aromatic rings. The summed E-state index contributed by atoms with van der Waals surface area (Å²) in [5.74, 6) is 2.03. The van der Waals surface area contributed by atoms with Crippen LogP contribution in [0.25, 0.3) is 0 Å². The first kappa shape index (κ1) is 26.9. The summed E-state index contributed by atoms with van der Waals surface area (Å²) < 4.78 is 7.06. The molecule has 0 fully saturated rings. The second-order valence-electron chi connectivity index (χ2n) is 10.7. The van der Waals surface area contributed by atoms with Gasteiger partial charge in [0.15, 0.2) is 0 Å². The van der Waals surface area contributed by atoms with E-state index in [0.29, 0.717) is 0 Å². The van der Waals surface area contributed by atoms with Crippen molar-refractivity contribution in [1.82, 2.24) is 0 Å². The number of ether oxygens (including phenoxy) is 1. The van der Waals surface area contributed by atoms with Crippen molar-refractivity contribution in [3.05, 3.63) is 168 Å². The average molecular weight is 579 g/mol. The highest BCUT2D eigenvalue weighted by Crippen LogP contribution is 2.48. The van der Waals surface area contributed by atoms with Gasteiger partial charge in [0.05, 0.1) is 0 Å². The van der Waals surface area contributed by atoms with Crippen molar-refractivity contribution >= 4 is 47.7 Å². The van der Waals surface area contributed by atoms with Gasteiger partial charge in [-0.2, -0.15) is 0 Å². The van der Waals surface area contributed by atoms with Crippen molar-refractivity contribution in [1.29, 1.82) is 0 Å². The molecule has 7 rings (SSSR count). The standard InChI is InChI=1S/C39H32OP2/c1-28-29(2)38(41(31-18-7-3-8-19-31)32-20-9-4-10-21-32)39(37-35(28)27-30-17-15-16-26-36(30)40-37)42(33-22-11-5-12-23-33)34-24-13-6-14-25-34/h3-26H,27H2,1-2H3. The Balaban J connectivity index is 1.61. The molecule has 0 aromatic heterocycles. The number of hydrogen-bond acceptors (Lipinski definition) is 1. The van der Waals surface area contributed by atoms with Gasteiger partial charge in [-0.05, 0) is 73.7 Å². The Kier molecular flexibility index (Phi) is 7.48. The van der Waals surface area contributed by atoms with E-state index in [-0.39, 0.29) is 0 Å². The lowest BCUT2D eigenvalue weighted by Gasteiger charge is -2.35. The van der Waals surface area contributed by atoms with E-state index in [1.807, 2.05) is 0 Å². The fourth-order valence-corrected chi connectivity index (χ4v) is 11.7. The molecule has 1 nitrogen and oxygen atoms in total. The van der Waals surface area contributed by atoms with Gasteiger partial charge in [-0.3, -0.25) is 0 Å². The monoisotopic (exact) mass is 578 g/mol. The first-order valence-corrected chi connectivity index (χ1v) is 17.1. The van der Waals surface area contributed by atoms with E-state index >= 15 is 0 Å². The van der Waals surface area contributed by atoms with Crippen molar-refractivity contribution in [3.63, 3.8) is 0 Å². The minimum absolute atomic E-state index is 0.863. The Morgan fingerprint density at radius 2 is 0.857 bits per heavy atom. The highest BCUT2D eigenvalue weighted by molar-refractivity contribution is 7.85. The van der Waals surface area contributed by atoms with Gasteiger partial charge in [-0.15, -0.1) is 0 Å². The SMILES string of the molecule is Cc1c(C)c(P(c2ccccc2)c2ccccc2)c(P(c2ccccc2)c2ccccc2)c2c1Cc1ccccc1O2. The third-order valence-electron chi connectivity index (χ3n) is 8.14. The predicted molar refractivity (Wildman–Crippen MR) is 183 cm³/mol. The Morgan fingerprint density at radius 3 is 1.33 bits per heavy atom. The molecule has 0 saturated heterocycles. The molecule has 6 aromatic carbocycles. The highest BCUT2D eigenvalue weighted by Gasteiger charge is 2.35. The Bertz CT molecular complexity index is 1760. The topological polar surface area (TPSA) is 9.23 Å². The zero-order valence-corrected chi connectivity index (χ0v) is 25.7. The summed E-state index contributed by atoms with van der Waals surface area (Å²) in [4.78, 5) is 0. The van der Waals surface area contributed by atoms with Crippen LogP contribution < -0.4 is 36.6 Å². The van der Waals surface area contributed by atoms with E-state index in [4.69, 9.17) is 4.74 Å². The second-order valence-corrected chi connectivity index (χ2v) is 15.0. The van der Waals surface area contributed by atoms with Crippen LogP contribution in [-0.2, 0) is 6.42 Å². The van der Waals surface area contributed by atoms with Crippen molar-refractivity contribution in [2.45, 2.75) is 20.3 Å². The fourth-order valence-electron chi connectivity index (χ4n) is 5.98. The minimum Gasteiger partial charge on any atom is -0.456 e. The summed E-state index contributed by atoms with van der Waals surface area (Å²) in [5, 5.41) is 8.17. The Hall–Kier alpha value is -4.02. The lowest BCUT2D eigenvalue weighted by Crippen LogP contribution is -2.38. The van der Waals surface area contributed by atoms with Crippen LogP contribution in [-0.4, -0.2) is 0 Å². The molecule has 0 aliphatic carbocycles. The van der Waals surface area contributed by atoms with Gasteiger partial charge in [-0.1, -0.05) is 140 Å². The fraction of sp³-hybridized carbons (Fsp3) is 0.0769. The van der Waals surface area contributed by atoms with Crippen LogP contribution >= 0.6 is 15.8 Å². The summed E-state index contributed by atoms with van der Waals surface area (Å²) in [6, 6.07) is 52.8. The van der Waals surface area contributed by atoms with E-state index in [9.17, 15) is 0 Å². The molecular weight excluding hydrogens is 546 g/mol. The third kappa shape index (κ3) is 4.88. The van der Waals surface area contributed by atoms with Crippen molar-refractivity contribution in [2.24, 2.45) is 0 Å². The van der Waals surface area contributed by atoms with E-state index in [0.717, 1.165) is 17.9 Å². The van der Waals surface area contributed by atoms with Crippen LogP contribution in [0.1, 0.15) is 22.3 Å². The molecule has 3 heteroatoms. The average Bonchev–Trinajstić information content (AvgIpc) is 3.06. The zero-order chi connectivity index (χ0) is 28.5. The van der Waals surface area contributed by atoms with Gasteiger partial charge in [0, 0.05) is 22.6 Å². The Morgan fingerprint density at radius 1 is 0.452 bits per heavy atom. The molecular formula is C39H32OP2. The van der Waals surface area contributed by atoms with Gasteiger partial charge < -0.3 is 4.74 Å². The van der Waals surface area contributed by atoms with Gasteiger partial charge in [0.25, 0.3) is 0 Å². The van der Waals surface area contributed by atoms with Crippen molar-refractivity contribution in [3.8, 4) is 11.5 Å². The van der Waals surface area contributed by atoms with Gasteiger partial charge in [-0.25, -0.2) is 0 Å². The van der Waals surface area contributed by atoms with Crippen LogP contribution in [0.15, 0.2) is 146 Å². The molecule has 0 radical (unpaired) electrons. The van der Waals surface area contributed by atoms with E-state index in [1.165, 1.54) is 54.1 Å². The summed E-state index contributed by atoms with van der Waals surface area (Å²) in [6.45, 7) is 4.65. The second kappa shape index (κ2) is 11.7. The van der Waals surface area contributed by atoms with Crippen LogP contribution in [0.5, 0.6) is 11.5 Å².